The minimum atomic E-state index is -0.397. The van der Waals surface area contributed by atoms with Gasteiger partial charge in [-0.25, -0.2) is 4.39 Å². The van der Waals surface area contributed by atoms with Gasteiger partial charge in [-0.1, -0.05) is 24.3 Å². The number of carbonyl (C=O) groups is 2. The van der Waals surface area contributed by atoms with Crippen molar-refractivity contribution in [1.82, 2.24) is 10.2 Å². The first-order valence-corrected chi connectivity index (χ1v) is 8.28. The molecule has 0 bridgehead atoms. The zero-order chi connectivity index (χ0) is 17.4. The predicted octanol–water partition coefficient (Wildman–Crippen LogP) is 2.62. The molecule has 1 saturated heterocycles. The number of hydrogen-bond acceptors (Lipinski definition) is 3. The standard InChI is InChI=1S/C20H17FN2O2/c21-15-7-5-14(6-8-15)19(24)11-17-20(25)23-10-9-13-3-1-2-4-16(13)18(23)12-22-17/h1-8,11,18,22H,9-10,12H2/b17-11-. The Bertz CT molecular complexity index is 874. The first kappa shape index (κ1) is 15.6. The molecule has 1 amide bonds. The van der Waals surface area contributed by atoms with E-state index in [0.29, 0.717) is 24.4 Å². The van der Waals surface area contributed by atoms with Crippen molar-refractivity contribution in [3.63, 3.8) is 0 Å². The van der Waals surface area contributed by atoms with E-state index in [9.17, 15) is 14.0 Å². The van der Waals surface area contributed by atoms with Crippen molar-refractivity contribution in [2.75, 3.05) is 13.1 Å². The molecule has 25 heavy (non-hydrogen) atoms. The molecule has 2 aliphatic rings. The first-order chi connectivity index (χ1) is 12.1. The zero-order valence-corrected chi connectivity index (χ0v) is 13.5. The van der Waals surface area contributed by atoms with Crippen LogP contribution in [0.1, 0.15) is 27.5 Å². The van der Waals surface area contributed by atoms with E-state index in [4.69, 9.17) is 0 Å². The van der Waals surface area contributed by atoms with Crippen molar-refractivity contribution < 1.29 is 14.0 Å². The molecule has 4 nitrogen and oxygen atoms in total. The third-order valence-corrected chi connectivity index (χ3v) is 4.79. The van der Waals surface area contributed by atoms with E-state index in [1.54, 1.807) is 0 Å². The van der Waals surface area contributed by atoms with Crippen LogP contribution < -0.4 is 5.32 Å². The molecule has 1 fully saturated rings. The van der Waals surface area contributed by atoms with Crippen molar-refractivity contribution in [3.8, 4) is 0 Å². The topological polar surface area (TPSA) is 49.4 Å². The number of ketones is 1. The molecule has 2 aromatic carbocycles. The van der Waals surface area contributed by atoms with E-state index in [1.807, 2.05) is 17.0 Å². The molecule has 1 unspecified atom stereocenters. The predicted molar refractivity (Wildman–Crippen MR) is 91.4 cm³/mol. The van der Waals surface area contributed by atoms with Gasteiger partial charge in [0.25, 0.3) is 5.91 Å². The summed E-state index contributed by atoms with van der Waals surface area (Å²) >= 11 is 0. The van der Waals surface area contributed by atoms with Gasteiger partial charge in [0.1, 0.15) is 11.5 Å². The minimum Gasteiger partial charge on any atom is -0.378 e. The van der Waals surface area contributed by atoms with E-state index < -0.39 is 5.82 Å². The maximum Gasteiger partial charge on any atom is 0.270 e. The van der Waals surface area contributed by atoms with Gasteiger partial charge in [0.2, 0.25) is 0 Å². The Balaban J connectivity index is 1.58. The fourth-order valence-electron chi connectivity index (χ4n) is 3.49. The summed E-state index contributed by atoms with van der Waals surface area (Å²) in [6.07, 6.45) is 2.13. The largest absolute Gasteiger partial charge is 0.378 e. The molecule has 2 aromatic rings. The van der Waals surface area contributed by atoms with Crippen molar-refractivity contribution in [2.45, 2.75) is 12.5 Å². The molecular weight excluding hydrogens is 319 g/mol. The highest BCUT2D eigenvalue weighted by Crippen LogP contribution is 2.32. The first-order valence-electron chi connectivity index (χ1n) is 8.28. The molecule has 0 aliphatic carbocycles. The van der Waals surface area contributed by atoms with Gasteiger partial charge in [-0.2, -0.15) is 0 Å². The maximum absolute atomic E-state index is 13.0. The summed E-state index contributed by atoms with van der Waals surface area (Å²) in [5, 5.41) is 3.10. The number of carbonyl (C=O) groups excluding carboxylic acids is 2. The van der Waals surface area contributed by atoms with Gasteiger partial charge < -0.3 is 10.2 Å². The minimum absolute atomic E-state index is 0.00415. The Morgan fingerprint density at radius 2 is 1.92 bits per heavy atom. The molecule has 0 aromatic heterocycles. The van der Waals surface area contributed by atoms with Crippen LogP contribution >= 0.6 is 0 Å². The number of halogens is 1. The SMILES string of the molecule is O=C(/C=C1\NCC2c3ccccc3CCN2C1=O)c1ccc(F)cc1. The third-order valence-electron chi connectivity index (χ3n) is 4.79. The van der Waals surface area contributed by atoms with E-state index in [-0.39, 0.29) is 17.7 Å². The molecule has 1 atom stereocenters. The van der Waals surface area contributed by atoms with E-state index in [1.165, 1.54) is 41.5 Å². The smallest absolute Gasteiger partial charge is 0.270 e. The Kier molecular flexibility index (Phi) is 3.84. The van der Waals surface area contributed by atoms with Gasteiger partial charge in [-0.3, -0.25) is 9.59 Å². The number of piperazine rings is 1. The second-order valence-electron chi connectivity index (χ2n) is 6.27. The number of nitrogens with one attached hydrogen (secondary N) is 1. The lowest BCUT2D eigenvalue weighted by atomic mass is 9.90. The van der Waals surface area contributed by atoms with E-state index in [2.05, 4.69) is 17.4 Å². The van der Waals surface area contributed by atoms with Crippen LogP contribution in [0.3, 0.4) is 0 Å². The Hall–Kier alpha value is -2.95. The van der Waals surface area contributed by atoms with Crippen LogP contribution in [0, 0.1) is 5.82 Å². The zero-order valence-electron chi connectivity index (χ0n) is 13.5. The van der Waals surface area contributed by atoms with Gasteiger partial charge >= 0.3 is 0 Å². The highest BCUT2D eigenvalue weighted by Gasteiger charge is 2.36. The van der Waals surface area contributed by atoms with Crippen molar-refractivity contribution >= 4 is 11.7 Å². The highest BCUT2D eigenvalue weighted by atomic mass is 19.1. The molecule has 0 radical (unpaired) electrons. The van der Waals surface area contributed by atoms with Crippen LogP contribution in [0.15, 0.2) is 60.3 Å². The summed E-state index contributed by atoms with van der Waals surface area (Å²) in [6, 6.07) is 13.5. The van der Waals surface area contributed by atoms with Crippen molar-refractivity contribution in [1.29, 1.82) is 0 Å². The Labute approximate surface area is 145 Å². The van der Waals surface area contributed by atoms with Crippen molar-refractivity contribution in [2.24, 2.45) is 0 Å². The highest BCUT2D eigenvalue weighted by molar-refractivity contribution is 6.09. The van der Waals surface area contributed by atoms with Crippen LogP contribution in [-0.2, 0) is 11.2 Å². The quantitative estimate of drug-likeness (QED) is 0.677. The Morgan fingerprint density at radius 1 is 1.16 bits per heavy atom. The van der Waals surface area contributed by atoms with Crippen LogP contribution in [-0.4, -0.2) is 29.7 Å². The summed E-state index contributed by atoms with van der Waals surface area (Å²) in [5.74, 6) is -0.876. The molecule has 0 spiro atoms. The maximum atomic E-state index is 13.0. The summed E-state index contributed by atoms with van der Waals surface area (Å²) in [6.45, 7) is 1.22. The van der Waals surface area contributed by atoms with Crippen LogP contribution in [0.2, 0.25) is 0 Å². The van der Waals surface area contributed by atoms with E-state index >= 15 is 0 Å². The number of allylic oxidation sites excluding steroid dienone is 1. The van der Waals surface area contributed by atoms with Crippen LogP contribution in [0.5, 0.6) is 0 Å². The van der Waals surface area contributed by atoms with E-state index in [0.717, 1.165) is 6.42 Å². The average molecular weight is 336 g/mol. The van der Waals surface area contributed by atoms with Gasteiger partial charge in [0.15, 0.2) is 5.78 Å². The van der Waals surface area contributed by atoms with Gasteiger partial charge in [0.05, 0.1) is 6.04 Å². The molecule has 5 heteroatoms. The number of nitrogens with zero attached hydrogens (tertiary/aromatic N) is 1. The molecule has 2 heterocycles. The molecule has 126 valence electrons. The summed E-state index contributed by atoms with van der Waals surface area (Å²) in [7, 11) is 0. The lowest BCUT2D eigenvalue weighted by molar-refractivity contribution is -0.132. The molecule has 1 N–H and O–H groups in total. The molecule has 4 rings (SSSR count). The Morgan fingerprint density at radius 3 is 2.72 bits per heavy atom. The second kappa shape index (κ2) is 6.16. The number of amides is 1. The summed E-state index contributed by atoms with van der Waals surface area (Å²) in [5.41, 5.74) is 3.09. The second-order valence-corrected chi connectivity index (χ2v) is 6.27. The monoisotopic (exact) mass is 336 g/mol. The third kappa shape index (κ3) is 2.82. The molecular formula is C20H17FN2O2. The van der Waals surface area contributed by atoms with Crippen molar-refractivity contribution in [3.05, 3.63) is 82.8 Å². The number of benzene rings is 2. The summed E-state index contributed by atoms with van der Waals surface area (Å²) < 4.78 is 13.0. The lowest BCUT2D eigenvalue weighted by Gasteiger charge is -2.41. The summed E-state index contributed by atoms with van der Waals surface area (Å²) in [4.78, 5) is 26.9. The van der Waals surface area contributed by atoms with Crippen LogP contribution in [0.25, 0.3) is 0 Å². The van der Waals surface area contributed by atoms with Gasteiger partial charge in [-0.05, 0) is 41.8 Å². The number of fused-ring (bicyclic) bond motifs is 3. The normalized spacial score (nSPS) is 20.7. The molecule has 0 saturated carbocycles. The van der Waals surface area contributed by atoms with Crippen LogP contribution in [0.4, 0.5) is 4.39 Å². The fourth-order valence-corrected chi connectivity index (χ4v) is 3.49. The number of hydrogen-bond donors (Lipinski definition) is 1. The van der Waals surface area contributed by atoms with Gasteiger partial charge in [-0.15, -0.1) is 0 Å². The lowest BCUT2D eigenvalue weighted by Crippen LogP contribution is -2.51. The number of rotatable bonds is 2. The average Bonchev–Trinajstić information content (AvgIpc) is 2.64. The van der Waals surface area contributed by atoms with Gasteiger partial charge in [0, 0.05) is 24.7 Å². The fraction of sp³-hybridized carbons (Fsp3) is 0.200. The molecule has 2 aliphatic heterocycles.